The van der Waals surface area contributed by atoms with Crippen LogP contribution >= 0.6 is 0 Å². The van der Waals surface area contributed by atoms with Gasteiger partial charge in [-0.3, -0.25) is 0 Å². The van der Waals surface area contributed by atoms with Gasteiger partial charge in [-0.05, 0) is 55.7 Å². The van der Waals surface area contributed by atoms with E-state index in [0.29, 0.717) is 6.04 Å². The summed E-state index contributed by atoms with van der Waals surface area (Å²) in [6.45, 7) is 1.89. The number of hydrogen-bond acceptors (Lipinski definition) is 3. The number of fused-ring (bicyclic) bond motifs is 1. The molecule has 1 aliphatic rings. The second kappa shape index (κ2) is 4.73. The third kappa shape index (κ3) is 2.41. The molecule has 1 saturated carbocycles. The van der Waals surface area contributed by atoms with Crippen LogP contribution in [0, 0.1) is 12.8 Å². The molecule has 2 N–H and O–H groups in total. The number of aryl methyl sites for hydroxylation is 1. The van der Waals surface area contributed by atoms with E-state index < -0.39 is 0 Å². The van der Waals surface area contributed by atoms with E-state index in [1.54, 1.807) is 0 Å². The third-order valence-corrected chi connectivity index (χ3v) is 3.98. The highest BCUT2D eigenvalue weighted by molar-refractivity contribution is 5.73. The summed E-state index contributed by atoms with van der Waals surface area (Å²) in [6.07, 6.45) is 6.01. The molecule has 0 aliphatic heterocycles. The molecule has 18 heavy (non-hydrogen) atoms. The van der Waals surface area contributed by atoms with Gasteiger partial charge < -0.3 is 10.2 Å². The largest absolute Gasteiger partial charge is 0.441 e. The Morgan fingerprint density at radius 2 is 2.06 bits per heavy atom. The van der Waals surface area contributed by atoms with Crippen LogP contribution in [-0.4, -0.2) is 11.0 Å². The molecule has 96 valence electrons. The molecule has 0 spiro atoms. The molecular weight excluding hydrogens is 224 g/mol. The van der Waals surface area contributed by atoms with Crippen LogP contribution in [0.1, 0.15) is 37.1 Å². The van der Waals surface area contributed by atoms with Gasteiger partial charge in [0.1, 0.15) is 5.52 Å². The molecule has 0 unspecified atom stereocenters. The van der Waals surface area contributed by atoms with Crippen molar-refractivity contribution in [3.63, 3.8) is 0 Å². The first-order valence-electron chi connectivity index (χ1n) is 6.82. The number of aromatic nitrogens is 1. The summed E-state index contributed by atoms with van der Waals surface area (Å²) >= 11 is 0. The Hall–Kier alpha value is -1.35. The summed E-state index contributed by atoms with van der Waals surface area (Å²) in [7, 11) is 0. The Morgan fingerprint density at radius 1 is 1.28 bits per heavy atom. The highest BCUT2D eigenvalue weighted by Crippen LogP contribution is 2.27. The fourth-order valence-corrected chi connectivity index (χ4v) is 2.94. The van der Waals surface area contributed by atoms with Gasteiger partial charge in [-0.2, -0.15) is 0 Å². The smallest absolute Gasteiger partial charge is 0.192 e. The van der Waals surface area contributed by atoms with E-state index >= 15 is 0 Å². The maximum atomic E-state index is 5.94. The summed E-state index contributed by atoms with van der Waals surface area (Å²) < 4.78 is 5.58. The van der Waals surface area contributed by atoms with Crippen LogP contribution in [0.5, 0.6) is 0 Å². The predicted molar refractivity (Wildman–Crippen MR) is 72.4 cm³/mol. The Morgan fingerprint density at radius 3 is 2.83 bits per heavy atom. The van der Waals surface area contributed by atoms with Crippen molar-refractivity contribution >= 4 is 11.1 Å². The Labute approximate surface area is 107 Å². The zero-order chi connectivity index (χ0) is 12.5. The highest BCUT2D eigenvalue weighted by atomic mass is 16.3. The molecule has 3 rings (SSSR count). The quantitative estimate of drug-likeness (QED) is 0.882. The van der Waals surface area contributed by atoms with Crippen LogP contribution in [0.3, 0.4) is 0 Å². The SMILES string of the molecule is Cc1nc2ccc(CC3CCC(N)CC3)cc2o1. The molecule has 0 saturated heterocycles. The Bertz CT molecular complexity index is 538. The van der Waals surface area contributed by atoms with Crippen LogP contribution in [0.25, 0.3) is 11.1 Å². The van der Waals surface area contributed by atoms with E-state index in [-0.39, 0.29) is 0 Å². The molecule has 3 nitrogen and oxygen atoms in total. The first kappa shape index (κ1) is 11.7. The number of nitrogens with zero attached hydrogens (tertiary/aromatic N) is 1. The minimum Gasteiger partial charge on any atom is -0.441 e. The van der Waals surface area contributed by atoms with Crippen LogP contribution < -0.4 is 5.73 Å². The van der Waals surface area contributed by atoms with Crippen LogP contribution in [0.2, 0.25) is 0 Å². The van der Waals surface area contributed by atoms with Gasteiger partial charge in [0, 0.05) is 13.0 Å². The number of hydrogen-bond donors (Lipinski definition) is 1. The van der Waals surface area contributed by atoms with E-state index in [2.05, 4.69) is 23.2 Å². The second-order valence-electron chi connectivity index (χ2n) is 5.52. The molecule has 0 bridgehead atoms. The van der Waals surface area contributed by atoms with Crippen LogP contribution in [0.4, 0.5) is 0 Å². The van der Waals surface area contributed by atoms with Gasteiger partial charge in [-0.15, -0.1) is 0 Å². The monoisotopic (exact) mass is 244 g/mol. The molecule has 1 heterocycles. The van der Waals surface area contributed by atoms with Gasteiger partial charge in [0.15, 0.2) is 11.5 Å². The van der Waals surface area contributed by atoms with E-state index in [4.69, 9.17) is 10.2 Å². The van der Waals surface area contributed by atoms with Crippen molar-refractivity contribution in [1.29, 1.82) is 0 Å². The first-order valence-corrected chi connectivity index (χ1v) is 6.82. The standard InChI is InChI=1S/C15H20N2O/c1-10-17-14-7-4-12(9-15(14)18-10)8-11-2-5-13(16)6-3-11/h4,7,9,11,13H,2-3,5-6,8,16H2,1H3. The topological polar surface area (TPSA) is 52.0 Å². The molecule has 0 amide bonds. The summed E-state index contributed by atoms with van der Waals surface area (Å²) in [5.41, 5.74) is 9.18. The Kier molecular flexibility index (Phi) is 3.08. The summed E-state index contributed by atoms with van der Waals surface area (Å²) in [4.78, 5) is 4.33. The third-order valence-electron chi connectivity index (χ3n) is 3.98. The van der Waals surface area contributed by atoms with Gasteiger partial charge in [0.25, 0.3) is 0 Å². The van der Waals surface area contributed by atoms with E-state index in [9.17, 15) is 0 Å². The molecule has 1 aliphatic carbocycles. The van der Waals surface area contributed by atoms with Gasteiger partial charge in [-0.1, -0.05) is 6.07 Å². The van der Waals surface area contributed by atoms with Crippen molar-refractivity contribution in [2.24, 2.45) is 11.7 Å². The number of rotatable bonds is 2. The Balaban J connectivity index is 1.74. The minimum atomic E-state index is 0.431. The van der Waals surface area contributed by atoms with Crippen LogP contribution in [0.15, 0.2) is 22.6 Å². The summed E-state index contributed by atoms with van der Waals surface area (Å²) in [5, 5.41) is 0. The lowest BCUT2D eigenvalue weighted by molar-refractivity contribution is 0.325. The zero-order valence-corrected chi connectivity index (χ0v) is 10.9. The van der Waals surface area contributed by atoms with Gasteiger partial charge in [0.2, 0.25) is 0 Å². The summed E-state index contributed by atoms with van der Waals surface area (Å²) in [5.74, 6) is 1.53. The highest BCUT2D eigenvalue weighted by Gasteiger charge is 2.19. The number of nitrogens with two attached hydrogens (primary N) is 1. The van der Waals surface area contributed by atoms with Gasteiger partial charge in [0.05, 0.1) is 0 Å². The predicted octanol–water partition coefficient (Wildman–Crippen LogP) is 3.20. The number of oxazole rings is 1. The van der Waals surface area contributed by atoms with E-state index in [1.807, 2.05) is 6.92 Å². The maximum Gasteiger partial charge on any atom is 0.192 e. The van der Waals surface area contributed by atoms with Crippen molar-refractivity contribution in [2.45, 2.75) is 45.1 Å². The van der Waals surface area contributed by atoms with Crippen molar-refractivity contribution in [1.82, 2.24) is 4.98 Å². The molecule has 0 radical (unpaired) electrons. The van der Waals surface area contributed by atoms with Crippen molar-refractivity contribution in [2.75, 3.05) is 0 Å². The average molecular weight is 244 g/mol. The second-order valence-corrected chi connectivity index (χ2v) is 5.52. The fourth-order valence-electron chi connectivity index (χ4n) is 2.94. The lowest BCUT2D eigenvalue weighted by atomic mass is 9.83. The van der Waals surface area contributed by atoms with Crippen molar-refractivity contribution in [3.8, 4) is 0 Å². The molecule has 1 aromatic heterocycles. The molecule has 2 aromatic rings. The zero-order valence-electron chi connectivity index (χ0n) is 10.9. The lowest BCUT2D eigenvalue weighted by Crippen LogP contribution is -2.27. The maximum absolute atomic E-state index is 5.94. The normalized spacial score (nSPS) is 24.6. The van der Waals surface area contributed by atoms with Crippen molar-refractivity contribution < 1.29 is 4.42 Å². The van der Waals surface area contributed by atoms with Crippen LogP contribution in [-0.2, 0) is 6.42 Å². The van der Waals surface area contributed by atoms with Gasteiger partial charge in [-0.25, -0.2) is 4.98 Å². The summed E-state index contributed by atoms with van der Waals surface area (Å²) in [6, 6.07) is 6.82. The average Bonchev–Trinajstić information content (AvgIpc) is 2.71. The number of benzene rings is 1. The van der Waals surface area contributed by atoms with E-state index in [0.717, 1.165) is 29.3 Å². The van der Waals surface area contributed by atoms with Gasteiger partial charge >= 0.3 is 0 Å². The molecular formula is C15H20N2O. The lowest BCUT2D eigenvalue weighted by Gasteiger charge is -2.25. The first-order chi connectivity index (χ1) is 8.70. The van der Waals surface area contributed by atoms with Crippen molar-refractivity contribution in [3.05, 3.63) is 29.7 Å². The molecule has 0 atom stereocenters. The molecule has 1 fully saturated rings. The fraction of sp³-hybridized carbons (Fsp3) is 0.533. The molecule has 1 aromatic carbocycles. The molecule has 3 heteroatoms. The minimum absolute atomic E-state index is 0.431. The van der Waals surface area contributed by atoms with E-state index in [1.165, 1.54) is 31.2 Å².